The molecule has 2 amide bonds. The van der Waals surface area contributed by atoms with Gasteiger partial charge in [0.2, 0.25) is 11.8 Å². The molecule has 7 heteroatoms. The van der Waals surface area contributed by atoms with E-state index in [1.54, 1.807) is 11.8 Å². The van der Waals surface area contributed by atoms with Crippen molar-refractivity contribution in [1.82, 2.24) is 10.2 Å². The Kier molecular flexibility index (Phi) is 10.1. The van der Waals surface area contributed by atoms with E-state index in [-0.39, 0.29) is 55.4 Å². The summed E-state index contributed by atoms with van der Waals surface area (Å²) < 4.78 is 5.76. The Hall–Kier alpha value is -2.67. The molecule has 3 rings (SSSR count). The summed E-state index contributed by atoms with van der Waals surface area (Å²) >= 11 is 0. The van der Waals surface area contributed by atoms with Gasteiger partial charge in [-0.25, -0.2) is 0 Å². The highest BCUT2D eigenvalue weighted by atomic mass is 16.5. The van der Waals surface area contributed by atoms with E-state index in [0.717, 1.165) is 37.7 Å². The number of aliphatic hydroxyl groups is 1. The average molecular weight is 471 g/mol. The van der Waals surface area contributed by atoms with Crippen molar-refractivity contribution in [3.63, 3.8) is 0 Å². The van der Waals surface area contributed by atoms with Gasteiger partial charge in [-0.2, -0.15) is 0 Å². The Morgan fingerprint density at radius 1 is 1.15 bits per heavy atom. The first-order chi connectivity index (χ1) is 16.5. The Morgan fingerprint density at radius 3 is 2.71 bits per heavy atom. The van der Waals surface area contributed by atoms with Crippen LogP contribution in [0.4, 0.5) is 0 Å². The lowest BCUT2D eigenvalue weighted by molar-refractivity contribution is -0.152. The molecule has 4 unspecified atom stereocenters. The standard InChI is InChI=1S/C27H38N2O5/c1-20(18-30)28-25(31)17-22-12-7-2-3-8-13-23(16-21-10-5-4-6-11-21)27(33)34-19-24-14-9-15-29(24)26(22)32/h2,4-7,10-11,20,22-24,30H,3,8-9,12-19H2,1H3,(H,28,31). The number of allylic oxidation sites excluding steroid dienone is 2. The topological polar surface area (TPSA) is 95.9 Å². The lowest BCUT2D eigenvalue weighted by Gasteiger charge is -2.29. The second-order valence-electron chi connectivity index (χ2n) is 9.53. The Morgan fingerprint density at radius 2 is 1.94 bits per heavy atom. The van der Waals surface area contributed by atoms with Crippen molar-refractivity contribution in [2.45, 2.75) is 70.4 Å². The number of carbonyl (C=O) groups is 3. The van der Waals surface area contributed by atoms with E-state index in [2.05, 4.69) is 5.32 Å². The van der Waals surface area contributed by atoms with E-state index in [9.17, 15) is 19.5 Å². The van der Waals surface area contributed by atoms with Crippen molar-refractivity contribution in [2.75, 3.05) is 19.8 Å². The lowest BCUT2D eigenvalue weighted by atomic mass is 9.93. The highest BCUT2D eigenvalue weighted by molar-refractivity contribution is 5.86. The number of ether oxygens (including phenoxy) is 1. The third kappa shape index (κ3) is 7.69. The van der Waals surface area contributed by atoms with Crippen LogP contribution in [0.25, 0.3) is 0 Å². The smallest absolute Gasteiger partial charge is 0.309 e. The van der Waals surface area contributed by atoms with Crippen LogP contribution in [0.5, 0.6) is 0 Å². The van der Waals surface area contributed by atoms with Crippen LogP contribution >= 0.6 is 0 Å². The summed E-state index contributed by atoms with van der Waals surface area (Å²) in [5.41, 5.74) is 1.12. The van der Waals surface area contributed by atoms with Crippen molar-refractivity contribution in [2.24, 2.45) is 11.8 Å². The summed E-state index contributed by atoms with van der Waals surface area (Å²) in [7, 11) is 0. The number of carbonyl (C=O) groups excluding carboxylic acids is 3. The molecule has 2 N–H and O–H groups in total. The summed E-state index contributed by atoms with van der Waals surface area (Å²) in [5.74, 6) is -1.16. The van der Waals surface area contributed by atoms with Crippen molar-refractivity contribution in [3.8, 4) is 0 Å². The minimum Gasteiger partial charge on any atom is -0.463 e. The number of esters is 1. The molecule has 2 heterocycles. The molecule has 1 aromatic rings. The number of hydrogen-bond donors (Lipinski definition) is 2. The first kappa shape index (κ1) is 25.9. The SMILES string of the molecule is CC(CO)NC(=O)CC1CC=CCCCC(Cc2ccccc2)C(=O)OCC2CCCN2C1=O. The molecule has 0 radical (unpaired) electrons. The molecule has 4 atom stereocenters. The first-order valence-corrected chi connectivity index (χ1v) is 12.5. The molecule has 1 aromatic carbocycles. The zero-order valence-corrected chi connectivity index (χ0v) is 20.2. The summed E-state index contributed by atoms with van der Waals surface area (Å²) in [6.45, 7) is 2.40. The predicted octanol–water partition coefficient (Wildman–Crippen LogP) is 3.01. The Bertz CT molecular complexity index is 841. The zero-order valence-electron chi connectivity index (χ0n) is 20.2. The van der Waals surface area contributed by atoms with Crippen LogP contribution in [0.3, 0.4) is 0 Å². The number of hydrogen-bond acceptors (Lipinski definition) is 5. The van der Waals surface area contributed by atoms with Gasteiger partial charge in [-0.1, -0.05) is 42.5 Å². The first-order valence-electron chi connectivity index (χ1n) is 12.5. The number of nitrogens with one attached hydrogen (secondary N) is 1. The van der Waals surface area contributed by atoms with Crippen LogP contribution in [-0.2, 0) is 25.5 Å². The largest absolute Gasteiger partial charge is 0.463 e. The van der Waals surface area contributed by atoms with E-state index >= 15 is 0 Å². The molecule has 0 aliphatic carbocycles. The summed E-state index contributed by atoms with van der Waals surface area (Å²) in [5, 5.41) is 11.9. The summed E-state index contributed by atoms with van der Waals surface area (Å²) in [6.07, 6.45) is 9.32. The highest BCUT2D eigenvalue weighted by Crippen LogP contribution is 2.25. The van der Waals surface area contributed by atoms with E-state index < -0.39 is 5.92 Å². The molecule has 186 valence electrons. The molecule has 0 bridgehead atoms. The predicted molar refractivity (Wildman–Crippen MR) is 130 cm³/mol. The quantitative estimate of drug-likeness (QED) is 0.492. The van der Waals surface area contributed by atoms with Gasteiger partial charge in [0.1, 0.15) is 6.61 Å². The average Bonchev–Trinajstić information content (AvgIpc) is 3.31. The molecule has 1 saturated heterocycles. The molecular formula is C27H38N2O5. The molecular weight excluding hydrogens is 432 g/mol. The fraction of sp³-hybridized carbons (Fsp3) is 0.593. The molecule has 1 fully saturated rings. The molecule has 2 aliphatic rings. The summed E-state index contributed by atoms with van der Waals surface area (Å²) in [4.78, 5) is 40.6. The maximum Gasteiger partial charge on any atom is 0.309 e. The van der Waals surface area contributed by atoms with E-state index in [4.69, 9.17) is 4.74 Å². The molecule has 0 saturated carbocycles. The van der Waals surface area contributed by atoms with Crippen LogP contribution in [-0.4, -0.2) is 59.6 Å². The van der Waals surface area contributed by atoms with E-state index in [0.29, 0.717) is 19.4 Å². The summed E-state index contributed by atoms with van der Waals surface area (Å²) in [6, 6.07) is 9.50. The van der Waals surface area contributed by atoms with Gasteiger partial charge in [-0.3, -0.25) is 14.4 Å². The third-order valence-corrected chi connectivity index (χ3v) is 6.71. The number of rotatable bonds is 6. The highest BCUT2D eigenvalue weighted by Gasteiger charge is 2.35. The normalized spacial score (nSPS) is 25.2. The third-order valence-electron chi connectivity index (χ3n) is 6.71. The van der Waals surface area contributed by atoms with Crippen LogP contribution in [0, 0.1) is 11.8 Å². The number of nitrogens with zero attached hydrogens (tertiary/aromatic N) is 1. The van der Waals surface area contributed by atoms with Crippen LogP contribution in [0.1, 0.15) is 57.4 Å². The maximum absolute atomic E-state index is 13.4. The van der Waals surface area contributed by atoms with E-state index in [1.807, 2.05) is 42.5 Å². The number of aliphatic hydroxyl groups excluding tert-OH is 1. The second kappa shape index (κ2) is 13.3. The van der Waals surface area contributed by atoms with Gasteiger partial charge in [-0.15, -0.1) is 0 Å². The minimum atomic E-state index is -0.466. The maximum atomic E-state index is 13.4. The van der Waals surface area contributed by atoms with Crippen molar-refractivity contribution in [1.29, 1.82) is 0 Å². The molecule has 0 spiro atoms. The van der Waals surface area contributed by atoms with Gasteiger partial charge in [0, 0.05) is 19.0 Å². The van der Waals surface area contributed by atoms with Crippen molar-refractivity contribution in [3.05, 3.63) is 48.0 Å². The number of fused-ring (bicyclic) bond motifs is 1. The van der Waals surface area contributed by atoms with E-state index in [1.165, 1.54) is 0 Å². The molecule has 34 heavy (non-hydrogen) atoms. The Balaban J connectivity index is 1.71. The van der Waals surface area contributed by atoms with Crippen LogP contribution < -0.4 is 5.32 Å². The fourth-order valence-electron chi connectivity index (χ4n) is 4.77. The Labute approximate surface area is 202 Å². The van der Waals surface area contributed by atoms with Gasteiger partial charge in [0.25, 0.3) is 0 Å². The van der Waals surface area contributed by atoms with Gasteiger partial charge in [-0.05, 0) is 57.4 Å². The molecule has 7 nitrogen and oxygen atoms in total. The van der Waals surface area contributed by atoms with Gasteiger partial charge in [0.15, 0.2) is 0 Å². The van der Waals surface area contributed by atoms with Crippen molar-refractivity contribution >= 4 is 17.8 Å². The molecule has 2 aliphatic heterocycles. The van der Waals surface area contributed by atoms with Gasteiger partial charge >= 0.3 is 5.97 Å². The second-order valence-corrected chi connectivity index (χ2v) is 9.53. The number of benzene rings is 1. The monoisotopic (exact) mass is 470 g/mol. The fourth-order valence-corrected chi connectivity index (χ4v) is 4.77. The zero-order chi connectivity index (χ0) is 24.3. The lowest BCUT2D eigenvalue weighted by Crippen LogP contribution is -2.44. The van der Waals surface area contributed by atoms with Gasteiger partial charge < -0.3 is 20.1 Å². The minimum absolute atomic E-state index is 0.0621. The van der Waals surface area contributed by atoms with Gasteiger partial charge in [0.05, 0.1) is 24.5 Å². The number of amides is 2. The van der Waals surface area contributed by atoms with Crippen LogP contribution in [0.15, 0.2) is 42.5 Å². The molecule has 0 aromatic heterocycles. The van der Waals surface area contributed by atoms with Crippen molar-refractivity contribution < 1.29 is 24.2 Å². The number of cyclic esters (lactones) is 1. The van der Waals surface area contributed by atoms with Crippen LogP contribution in [0.2, 0.25) is 0 Å².